The summed E-state index contributed by atoms with van der Waals surface area (Å²) in [5, 5.41) is 16.5. The molecule has 0 saturated heterocycles. The largest absolute Gasteiger partial charge is 0.495 e. The Labute approximate surface area is 247 Å². The summed E-state index contributed by atoms with van der Waals surface area (Å²) in [5.41, 5.74) is 2.76. The van der Waals surface area contributed by atoms with E-state index in [2.05, 4.69) is 60.2 Å². The first-order valence-corrected chi connectivity index (χ1v) is 14.1. The van der Waals surface area contributed by atoms with Crippen LogP contribution >= 0.6 is 0 Å². The summed E-state index contributed by atoms with van der Waals surface area (Å²) in [7, 11) is 0. The van der Waals surface area contributed by atoms with Gasteiger partial charge in [-0.1, -0.05) is 69.8 Å². The quantitative estimate of drug-likeness (QED) is 0.116. The number of nitrogens with one attached hydrogen (secondary N) is 5. The lowest BCUT2D eigenvalue weighted by atomic mass is 10.1. The number of benzene rings is 2. The molecule has 2 aromatic rings. The van der Waals surface area contributed by atoms with Gasteiger partial charge in [-0.15, -0.1) is 0 Å². The van der Waals surface area contributed by atoms with Crippen molar-refractivity contribution in [2.45, 2.75) is 46.1 Å². The molecule has 1 aliphatic rings. The summed E-state index contributed by atoms with van der Waals surface area (Å²) >= 11 is 0. The maximum Gasteiger partial charge on any atom is 0.416 e. The van der Waals surface area contributed by atoms with E-state index in [9.17, 15) is 13.2 Å². The third kappa shape index (κ3) is 10.4. The van der Waals surface area contributed by atoms with Crippen LogP contribution in [0.4, 0.5) is 18.9 Å². The third-order valence-electron chi connectivity index (χ3n) is 6.80. The van der Waals surface area contributed by atoms with Gasteiger partial charge >= 0.3 is 6.18 Å². The Balaban J connectivity index is 1.58. The van der Waals surface area contributed by atoms with Crippen molar-refractivity contribution in [1.29, 1.82) is 0 Å². The number of hydrogen-bond acceptors (Lipinski definition) is 7. The van der Waals surface area contributed by atoms with E-state index >= 15 is 0 Å². The van der Waals surface area contributed by atoms with Crippen molar-refractivity contribution in [3.05, 3.63) is 114 Å². The Hall–Kier alpha value is -4.05. The Morgan fingerprint density at radius 3 is 2.38 bits per heavy atom. The van der Waals surface area contributed by atoms with E-state index in [1.165, 1.54) is 12.1 Å². The van der Waals surface area contributed by atoms with E-state index in [4.69, 9.17) is 4.74 Å². The lowest BCUT2D eigenvalue weighted by molar-refractivity contribution is -0.137. The highest BCUT2D eigenvalue weighted by Gasteiger charge is 2.31. The average molecular weight is 585 g/mol. The molecule has 2 atom stereocenters. The number of aryl methyl sites for hydroxylation is 1. The van der Waals surface area contributed by atoms with E-state index in [1.807, 2.05) is 42.3 Å². The Bertz CT molecular complexity index is 1220. The minimum Gasteiger partial charge on any atom is -0.495 e. The molecule has 7 nitrogen and oxygen atoms in total. The molecule has 0 aliphatic carbocycles. The molecule has 3 rings (SSSR count). The lowest BCUT2D eigenvalue weighted by Crippen LogP contribution is -2.43. The lowest BCUT2D eigenvalue weighted by Gasteiger charge is -2.28. The van der Waals surface area contributed by atoms with Crippen LogP contribution in [-0.2, 0) is 17.5 Å². The fraction of sp³-hybridized carbons (Fsp3) is 0.375. The Morgan fingerprint density at radius 1 is 1.05 bits per heavy atom. The molecule has 10 heteroatoms. The van der Waals surface area contributed by atoms with Crippen molar-refractivity contribution < 1.29 is 17.9 Å². The molecule has 0 amide bonds. The highest BCUT2D eigenvalue weighted by Crippen LogP contribution is 2.29. The van der Waals surface area contributed by atoms with Gasteiger partial charge in [-0.3, -0.25) is 0 Å². The molecule has 0 spiro atoms. The van der Waals surface area contributed by atoms with Gasteiger partial charge < -0.3 is 36.2 Å². The van der Waals surface area contributed by atoms with Gasteiger partial charge in [0.2, 0.25) is 0 Å². The predicted octanol–water partition coefficient (Wildman–Crippen LogP) is 5.99. The zero-order chi connectivity index (χ0) is 30.7. The summed E-state index contributed by atoms with van der Waals surface area (Å²) in [4.78, 5) is 1.96. The second kappa shape index (κ2) is 15.3. The van der Waals surface area contributed by atoms with Gasteiger partial charge in [0.05, 0.1) is 12.1 Å². The molecule has 2 aromatic carbocycles. The zero-order valence-electron chi connectivity index (χ0n) is 24.7. The maximum absolute atomic E-state index is 13.1. The average Bonchev–Trinajstić information content (AvgIpc) is 3.33. The monoisotopic (exact) mass is 584 g/mol. The molecule has 1 aliphatic heterocycles. The standard InChI is InChI=1S/C32H43F3N6O/c1-7-22(2)18-36-19-24(4)42-17-16-37-25(5)31-40-30(39-26(6)38-29-14-8-23(3)9-15-29)21-41(31)20-27-10-12-28(13-11-27)32(33,34)35/h8-15,21-22,31,36-40H,4-7,16-20H2,1-3H3. The first kappa shape index (κ1) is 32.5. The topological polar surface area (TPSA) is 72.6 Å². The Morgan fingerprint density at radius 2 is 1.74 bits per heavy atom. The van der Waals surface area contributed by atoms with E-state index in [1.54, 1.807) is 0 Å². The number of anilines is 1. The molecule has 42 heavy (non-hydrogen) atoms. The molecular formula is C32H43F3N6O. The number of hydrogen-bond donors (Lipinski definition) is 5. The van der Waals surface area contributed by atoms with Gasteiger partial charge in [-0.25, -0.2) is 0 Å². The summed E-state index contributed by atoms with van der Waals surface area (Å²) < 4.78 is 44.9. The van der Waals surface area contributed by atoms with Gasteiger partial charge in [0.15, 0.2) is 0 Å². The third-order valence-corrected chi connectivity index (χ3v) is 6.80. The van der Waals surface area contributed by atoms with Gasteiger partial charge in [0.25, 0.3) is 0 Å². The maximum atomic E-state index is 13.1. The van der Waals surface area contributed by atoms with Gasteiger partial charge in [-0.2, -0.15) is 13.2 Å². The summed E-state index contributed by atoms with van der Waals surface area (Å²) in [6.07, 6.45) is -1.78. The van der Waals surface area contributed by atoms with E-state index < -0.39 is 11.7 Å². The van der Waals surface area contributed by atoms with E-state index in [0.717, 1.165) is 41.9 Å². The van der Waals surface area contributed by atoms with Crippen LogP contribution in [0.25, 0.3) is 0 Å². The van der Waals surface area contributed by atoms with Gasteiger partial charge in [0, 0.05) is 30.7 Å². The van der Waals surface area contributed by atoms with Crippen LogP contribution in [0.15, 0.2) is 97.6 Å². The second-order valence-corrected chi connectivity index (χ2v) is 10.5. The fourth-order valence-electron chi connectivity index (χ4n) is 4.17. The zero-order valence-corrected chi connectivity index (χ0v) is 24.7. The molecule has 0 aromatic heterocycles. The molecular weight excluding hydrogens is 541 g/mol. The Kier molecular flexibility index (Phi) is 11.8. The van der Waals surface area contributed by atoms with Crippen LogP contribution in [0.1, 0.15) is 37.0 Å². The molecule has 5 N–H and O–H groups in total. The van der Waals surface area contributed by atoms with Crippen LogP contribution in [0.5, 0.6) is 0 Å². The minimum atomic E-state index is -4.38. The highest BCUT2D eigenvalue weighted by molar-refractivity contribution is 5.48. The first-order chi connectivity index (χ1) is 19.9. The molecule has 2 unspecified atom stereocenters. The van der Waals surface area contributed by atoms with Crippen molar-refractivity contribution in [3.63, 3.8) is 0 Å². The van der Waals surface area contributed by atoms with Crippen LogP contribution < -0.4 is 26.6 Å². The SMILES string of the molecule is C=C(NC1=CN(Cc2ccc(C(F)(F)F)cc2)C(C(=C)NCCOC(=C)CNCC(C)CC)N1)Nc1ccc(C)cc1. The van der Waals surface area contributed by atoms with Crippen molar-refractivity contribution in [2.24, 2.45) is 5.92 Å². The van der Waals surface area contributed by atoms with Crippen molar-refractivity contribution in [2.75, 3.05) is 31.6 Å². The van der Waals surface area contributed by atoms with Crippen LogP contribution in [0.3, 0.4) is 0 Å². The molecule has 1 heterocycles. The van der Waals surface area contributed by atoms with E-state index in [-0.39, 0.29) is 6.17 Å². The smallest absolute Gasteiger partial charge is 0.416 e. The number of alkyl halides is 3. The van der Waals surface area contributed by atoms with Crippen molar-refractivity contribution in [1.82, 2.24) is 26.2 Å². The molecule has 0 radical (unpaired) electrons. The van der Waals surface area contributed by atoms with Crippen LogP contribution in [0.2, 0.25) is 0 Å². The fourth-order valence-corrected chi connectivity index (χ4v) is 4.17. The number of nitrogens with zero attached hydrogens (tertiary/aromatic N) is 1. The van der Waals surface area contributed by atoms with Gasteiger partial charge in [0.1, 0.15) is 30.2 Å². The number of ether oxygens (including phenoxy) is 1. The number of halogens is 3. The first-order valence-electron chi connectivity index (χ1n) is 14.1. The molecule has 0 bridgehead atoms. The minimum absolute atomic E-state index is 0.356. The summed E-state index contributed by atoms with van der Waals surface area (Å²) in [5.74, 6) is 2.48. The normalized spacial score (nSPS) is 15.3. The van der Waals surface area contributed by atoms with Crippen LogP contribution in [-0.4, -0.2) is 37.3 Å². The highest BCUT2D eigenvalue weighted by atomic mass is 19.4. The summed E-state index contributed by atoms with van der Waals surface area (Å²) in [6, 6.07) is 13.1. The van der Waals surface area contributed by atoms with Crippen molar-refractivity contribution in [3.8, 4) is 0 Å². The van der Waals surface area contributed by atoms with Gasteiger partial charge in [-0.05, 0) is 49.2 Å². The van der Waals surface area contributed by atoms with E-state index in [0.29, 0.717) is 55.3 Å². The van der Waals surface area contributed by atoms with Crippen LogP contribution in [0, 0.1) is 12.8 Å². The predicted molar refractivity (Wildman–Crippen MR) is 164 cm³/mol. The summed E-state index contributed by atoms with van der Waals surface area (Å²) in [6.45, 7) is 21.4. The van der Waals surface area contributed by atoms with Crippen molar-refractivity contribution >= 4 is 5.69 Å². The molecule has 0 saturated carbocycles. The molecule has 0 fully saturated rings. The second-order valence-electron chi connectivity index (χ2n) is 10.5. The number of rotatable bonds is 17. The molecule has 228 valence electrons.